The largest absolute Gasteiger partial charge is 0.507 e. The van der Waals surface area contributed by atoms with Crippen molar-refractivity contribution in [2.75, 3.05) is 20.8 Å². The average molecular weight is 241 g/mol. The average Bonchev–Trinajstić information content (AvgIpc) is 2.35. The van der Waals surface area contributed by atoms with Crippen LogP contribution in [0.25, 0.3) is 0 Å². The third kappa shape index (κ3) is 3.08. The molecule has 0 radical (unpaired) electrons. The molecule has 0 aliphatic carbocycles. The van der Waals surface area contributed by atoms with Crippen LogP contribution in [-0.2, 0) is 16.0 Å². The molecule has 6 nitrogen and oxygen atoms in total. The Morgan fingerprint density at radius 1 is 1.41 bits per heavy atom. The molecule has 0 fully saturated rings. The molecule has 0 aliphatic heterocycles. The van der Waals surface area contributed by atoms with E-state index in [1.54, 1.807) is 0 Å². The summed E-state index contributed by atoms with van der Waals surface area (Å²) in [5.74, 6) is 4.61. The summed E-state index contributed by atoms with van der Waals surface area (Å²) < 4.78 is 9.64. The van der Waals surface area contributed by atoms with E-state index < -0.39 is 5.97 Å². The predicted octanol–water partition coefficient (Wildman–Crippen LogP) is 0.620. The van der Waals surface area contributed by atoms with Crippen LogP contribution in [0.1, 0.15) is 15.9 Å². The quantitative estimate of drug-likeness (QED) is 0.580. The summed E-state index contributed by atoms with van der Waals surface area (Å²) in [7, 11) is 2.72. The molecule has 0 atom stereocenters. The van der Waals surface area contributed by atoms with Crippen molar-refractivity contribution in [1.29, 1.82) is 0 Å². The minimum absolute atomic E-state index is 0.0836. The van der Waals surface area contributed by atoms with Crippen molar-refractivity contribution in [2.24, 2.45) is 5.90 Å². The van der Waals surface area contributed by atoms with Gasteiger partial charge in [-0.15, -0.1) is 0 Å². The highest BCUT2D eigenvalue weighted by Gasteiger charge is 2.16. The van der Waals surface area contributed by atoms with Gasteiger partial charge in [0.05, 0.1) is 20.8 Å². The minimum atomic E-state index is -0.611. The Hall–Kier alpha value is -1.79. The molecule has 0 spiro atoms. The highest BCUT2D eigenvalue weighted by Crippen LogP contribution is 2.29. The molecule has 3 N–H and O–H groups in total. The molecule has 0 unspecified atom stereocenters. The highest BCUT2D eigenvalue weighted by molar-refractivity contribution is 5.92. The molecule has 17 heavy (non-hydrogen) atoms. The van der Waals surface area contributed by atoms with Gasteiger partial charge in [0, 0.05) is 12.5 Å². The fraction of sp³-hybridized carbons (Fsp3) is 0.364. The van der Waals surface area contributed by atoms with E-state index in [1.165, 1.54) is 26.4 Å². The van der Waals surface area contributed by atoms with Gasteiger partial charge in [-0.25, -0.2) is 10.7 Å². The van der Waals surface area contributed by atoms with Gasteiger partial charge in [-0.05, 0) is 11.6 Å². The predicted molar refractivity (Wildman–Crippen MR) is 59.8 cm³/mol. The number of carbonyl (C=O) groups excluding carboxylic acids is 1. The van der Waals surface area contributed by atoms with Gasteiger partial charge in [0.2, 0.25) is 0 Å². The second-order valence-corrected chi connectivity index (χ2v) is 3.29. The first-order chi connectivity index (χ1) is 8.13. The van der Waals surface area contributed by atoms with Crippen molar-refractivity contribution < 1.29 is 24.2 Å². The number of hydrogen-bond donors (Lipinski definition) is 2. The fourth-order valence-electron chi connectivity index (χ4n) is 1.44. The van der Waals surface area contributed by atoms with Crippen molar-refractivity contribution in [2.45, 2.75) is 6.42 Å². The van der Waals surface area contributed by atoms with E-state index in [-0.39, 0.29) is 17.9 Å². The van der Waals surface area contributed by atoms with E-state index in [4.69, 9.17) is 10.6 Å². The first-order valence-electron chi connectivity index (χ1n) is 4.94. The molecule has 0 aliphatic rings. The van der Waals surface area contributed by atoms with Gasteiger partial charge in [-0.2, -0.15) is 0 Å². The van der Waals surface area contributed by atoms with Crippen molar-refractivity contribution in [3.63, 3.8) is 0 Å². The Kier molecular flexibility index (Phi) is 4.74. The van der Waals surface area contributed by atoms with Crippen LogP contribution in [0.3, 0.4) is 0 Å². The number of ether oxygens (including phenoxy) is 2. The Morgan fingerprint density at radius 3 is 2.65 bits per heavy atom. The third-order valence-corrected chi connectivity index (χ3v) is 2.29. The number of methoxy groups -OCH3 is 2. The third-order valence-electron chi connectivity index (χ3n) is 2.29. The first-order valence-corrected chi connectivity index (χ1v) is 4.94. The zero-order chi connectivity index (χ0) is 12.8. The van der Waals surface area contributed by atoms with Gasteiger partial charge in [-0.3, -0.25) is 0 Å². The molecule has 0 amide bonds. The normalized spacial score (nSPS) is 10.1. The molecule has 0 aromatic heterocycles. The summed E-state index contributed by atoms with van der Waals surface area (Å²) in [6.45, 7) is 0.280. The maximum Gasteiger partial charge on any atom is 0.341 e. The molecule has 1 aromatic carbocycles. The first kappa shape index (κ1) is 13.3. The summed E-state index contributed by atoms with van der Waals surface area (Å²) in [6.07, 6.45) is 0.462. The van der Waals surface area contributed by atoms with Crippen LogP contribution in [-0.4, -0.2) is 31.9 Å². The molecular weight excluding hydrogens is 226 g/mol. The molecular formula is C11H15NO5. The van der Waals surface area contributed by atoms with Crippen molar-refractivity contribution in [3.05, 3.63) is 23.3 Å². The number of phenols is 1. The van der Waals surface area contributed by atoms with E-state index in [1.807, 2.05) is 0 Å². The summed E-state index contributed by atoms with van der Waals surface area (Å²) >= 11 is 0. The van der Waals surface area contributed by atoms with E-state index in [2.05, 4.69) is 9.57 Å². The number of benzene rings is 1. The Labute approximate surface area is 98.8 Å². The van der Waals surface area contributed by atoms with Crippen molar-refractivity contribution in [1.82, 2.24) is 0 Å². The number of hydrogen-bond acceptors (Lipinski definition) is 6. The van der Waals surface area contributed by atoms with Gasteiger partial charge >= 0.3 is 5.97 Å². The number of phenolic OH excluding ortho intramolecular Hbond substituents is 1. The molecule has 0 bridgehead atoms. The lowest BCUT2D eigenvalue weighted by molar-refractivity contribution is 0.0597. The number of aromatic hydroxyl groups is 1. The van der Waals surface area contributed by atoms with Crippen LogP contribution in [0.5, 0.6) is 11.5 Å². The maximum atomic E-state index is 11.4. The summed E-state index contributed by atoms with van der Waals surface area (Å²) in [4.78, 5) is 15.8. The van der Waals surface area contributed by atoms with Crippen LogP contribution in [0.15, 0.2) is 12.1 Å². The van der Waals surface area contributed by atoms with Crippen LogP contribution < -0.4 is 10.6 Å². The number of esters is 1. The molecule has 1 rings (SSSR count). The number of rotatable bonds is 5. The van der Waals surface area contributed by atoms with E-state index in [0.29, 0.717) is 17.7 Å². The van der Waals surface area contributed by atoms with E-state index in [9.17, 15) is 9.90 Å². The van der Waals surface area contributed by atoms with E-state index >= 15 is 0 Å². The lowest BCUT2D eigenvalue weighted by Crippen LogP contribution is -2.07. The second-order valence-electron chi connectivity index (χ2n) is 3.29. The minimum Gasteiger partial charge on any atom is -0.507 e. The van der Waals surface area contributed by atoms with Crippen molar-refractivity contribution in [3.8, 4) is 11.5 Å². The summed E-state index contributed by atoms with van der Waals surface area (Å²) in [5, 5.41) is 9.64. The molecule has 6 heteroatoms. The SMILES string of the molecule is COC(=O)c1cc(CCON)c(OC)cc1O. The van der Waals surface area contributed by atoms with Crippen LogP contribution >= 0.6 is 0 Å². The van der Waals surface area contributed by atoms with Crippen LogP contribution in [0.2, 0.25) is 0 Å². The molecule has 0 saturated carbocycles. The van der Waals surface area contributed by atoms with Crippen molar-refractivity contribution >= 4 is 5.97 Å². The zero-order valence-corrected chi connectivity index (χ0v) is 9.73. The Bertz CT molecular complexity index is 405. The Balaban J connectivity index is 3.12. The smallest absolute Gasteiger partial charge is 0.341 e. The molecule has 1 aromatic rings. The number of nitrogens with two attached hydrogens (primary N) is 1. The number of carbonyl (C=O) groups is 1. The molecule has 0 saturated heterocycles. The summed E-state index contributed by atoms with van der Waals surface area (Å²) in [5.41, 5.74) is 0.788. The zero-order valence-electron chi connectivity index (χ0n) is 9.73. The second kappa shape index (κ2) is 6.07. The molecule has 94 valence electrons. The highest BCUT2D eigenvalue weighted by atomic mass is 16.6. The van der Waals surface area contributed by atoms with Gasteiger partial charge in [0.1, 0.15) is 17.1 Å². The molecule has 0 heterocycles. The van der Waals surface area contributed by atoms with Gasteiger partial charge < -0.3 is 19.4 Å². The lowest BCUT2D eigenvalue weighted by atomic mass is 10.1. The Morgan fingerprint density at radius 2 is 2.12 bits per heavy atom. The lowest BCUT2D eigenvalue weighted by Gasteiger charge is -2.11. The van der Waals surface area contributed by atoms with E-state index in [0.717, 1.165) is 0 Å². The van der Waals surface area contributed by atoms with Crippen LogP contribution in [0, 0.1) is 0 Å². The summed E-state index contributed by atoms with van der Waals surface area (Å²) in [6, 6.07) is 2.86. The maximum absolute atomic E-state index is 11.4. The monoisotopic (exact) mass is 241 g/mol. The van der Waals surface area contributed by atoms with Crippen LogP contribution in [0.4, 0.5) is 0 Å². The van der Waals surface area contributed by atoms with Gasteiger partial charge in [0.25, 0.3) is 0 Å². The fourth-order valence-corrected chi connectivity index (χ4v) is 1.44. The van der Waals surface area contributed by atoms with Gasteiger partial charge in [0.15, 0.2) is 0 Å². The van der Waals surface area contributed by atoms with Gasteiger partial charge in [-0.1, -0.05) is 0 Å². The standard InChI is InChI=1S/C11H15NO5/c1-15-10-6-9(13)8(11(14)16-2)5-7(10)3-4-17-12/h5-6,13H,3-4,12H2,1-2H3. The topological polar surface area (TPSA) is 91.0 Å².